The molecule has 0 bridgehead atoms. The van der Waals surface area contributed by atoms with Crippen molar-refractivity contribution in [1.82, 2.24) is 0 Å². The molecule has 0 radical (unpaired) electrons. The molecule has 0 saturated carbocycles. The molecule has 3 heteroatoms. The van der Waals surface area contributed by atoms with Gasteiger partial charge in [-0.05, 0) is 6.92 Å². The highest BCUT2D eigenvalue weighted by molar-refractivity contribution is 5.67. The third-order valence-corrected chi connectivity index (χ3v) is 1.60. The summed E-state index contributed by atoms with van der Waals surface area (Å²) in [6.07, 6.45) is 0. The Morgan fingerprint density at radius 3 is 2.73 bits per heavy atom. The van der Waals surface area contributed by atoms with E-state index in [9.17, 15) is 4.79 Å². The van der Waals surface area contributed by atoms with Gasteiger partial charge in [0, 0.05) is 6.92 Å². The highest BCUT2D eigenvalue weighted by atomic mass is 16.6. The maximum atomic E-state index is 10.6. The summed E-state index contributed by atoms with van der Waals surface area (Å²) in [5, 5.41) is 0. The molecule has 0 saturated heterocycles. The maximum Gasteiger partial charge on any atom is 0.307 e. The van der Waals surface area contributed by atoms with E-state index in [1.54, 1.807) is 0 Å². The lowest BCUT2D eigenvalue weighted by Crippen LogP contribution is -2.05. The lowest BCUT2D eigenvalue weighted by molar-refractivity contribution is -0.137. The van der Waals surface area contributed by atoms with E-state index >= 15 is 0 Å². The fraction of sp³-hybridized carbons (Fsp3) is 0.625. The van der Waals surface area contributed by atoms with E-state index in [4.69, 9.17) is 9.47 Å². The third-order valence-electron chi connectivity index (χ3n) is 1.60. The molecule has 0 aromatic carbocycles. The van der Waals surface area contributed by atoms with Crippen LogP contribution < -0.4 is 0 Å². The summed E-state index contributed by atoms with van der Waals surface area (Å²) in [7, 11) is 0. The van der Waals surface area contributed by atoms with Gasteiger partial charge in [0.25, 0.3) is 0 Å². The van der Waals surface area contributed by atoms with Crippen LogP contribution in [-0.2, 0) is 14.3 Å². The van der Waals surface area contributed by atoms with E-state index in [0.29, 0.717) is 12.4 Å². The summed E-state index contributed by atoms with van der Waals surface area (Å²) < 4.78 is 10.1. The molecule has 0 aromatic rings. The van der Waals surface area contributed by atoms with Crippen molar-refractivity contribution in [3.63, 3.8) is 0 Å². The SMILES string of the molecule is CC(=O)OC1=C(C)OCC1C. The maximum absolute atomic E-state index is 10.6. The number of esters is 1. The summed E-state index contributed by atoms with van der Waals surface area (Å²) in [5.74, 6) is 1.33. The molecule has 3 nitrogen and oxygen atoms in total. The van der Waals surface area contributed by atoms with Crippen molar-refractivity contribution in [1.29, 1.82) is 0 Å². The highest BCUT2D eigenvalue weighted by Crippen LogP contribution is 2.25. The molecule has 1 atom stereocenters. The Morgan fingerprint density at radius 2 is 2.36 bits per heavy atom. The second kappa shape index (κ2) is 2.95. The monoisotopic (exact) mass is 156 g/mol. The van der Waals surface area contributed by atoms with Crippen molar-refractivity contribution >= 4 is 5.97 Å². The molecule has 0 aromatic heterocycles. The number of carbonyl (C=O) groups is 1. The second-order valence-electron chi connectivity index (χ2n) is 2.73. The average Bonchev–Trinajstić information content (AvgIpc) is 2.18. The lowest BCUT2D eigenvalue weighted by Gasteiger charge is -2.04. The zero-order valence-electron chi connectivity index (χ0n) is 7.01. The summed E-state index contributed by atoms with van der Waals surface area (Å²) in [6.45, 7) is 5.79. The zero-order valence-corrected chi connectivity index (χ0v) is 7.01. The number of ether oxygens (including phenoxy) is 2. The molecule has 0 aliphatic carbocycles. The first-order chi connectivity index (χ1) is 5.11. The van der Waals surface area contributed by atoms with Crippen LogP contribution in [0.15, 0.2) is 11.5 Å². The van der Waals surface area contributed by atoms with Crippen LogP contribution in [0.3, 0.4) is 0 Å². The first kappa shape index (κ1) is 8.11. The van der Waals surface area contributed by atoms with Gasteiger partial charge in [-0.25, -0.2) is 0 Å². The summed E-state index contributed by atoms with van der Waals surface area (Å²) >= 11 is 0. The van der Waals surface area contributed by atoms with Crippen LogP contribution in [-0.4, -0.2) is 12.6 Å². The molecule has 11 heavy (non-hydrogen) atoms. The van der Waals surface area contributed by atoms with E-state index in [0.717, 1.165) is 5.76 Å². The molecule has 62 valence electrons. The molecule has 1 heterocycles. The van der Waals surface area contributed by atoms with Gasteiger partial charge in [-0.15, -0.1) is 0 Å². The van der Waals surface area contributed by atoms with Crippen molar-refractivity contribution in [2.75, 3.05) is 6.61 Å². The number of hydrogen-bond acceptors (Lipinski definition) is 3. The van der Waals surface area contributed by atoms with Crippen molar-refractivity contribution in [2.45, 2.75) is 20.8 Å². The van der Waals surface area contributed by atoms with Gasteiger partial charge in [0.15, 0.2) is 5.76 Å². The van der Waals surface area contributed by atoms with E-state index in [1.807, 2.05) is 13.8 Å². The minimum Gasteiger partial charge on any atom is -0.494 e. The van der Waals surface area contributed by atoms with Gasteiger partial charge < -0.3 is 9.47 Å². The van der Waals surface area contributed by atoms with Crippen LogP contribution in [0.4, 0.5) is 0 Å². The van der Waals surface area contributed by atoms with Crippen LogP contribution >= 0.6 is 0 Å². The highest BCUT2D eigenvalue weighted by Gasteiger charge is 2.23. The van der Waals surface area contributed by atoms with E-state index in [2.05, 4.69) is 0 Å². The minimum absolute atomic E-state index is 0.207. The van der Waals surface area contributed by atoms with Crippen molar-refractivity contribution in [3.05, 3.63) is 11.5 Å². The summed E-state index contributed by atoms with van der Waals surface area (Å²) in [4.78, 5) is 10.6. The van der Waals surface area contributed by atoms with Gasteiger partial charge in [0.05, 0.1) is 12.5 Å². The molecule has 1 aliphatic heterocycles. The fourth-order valence-corrected chi connectivity index (χ4v) is 1.07. The molecule has 1 aliphatic rings. The van der Waals surface area contributed by atoms with Crippen LogP contribution in [0.5, 0.6) is 0 Å². The normalized spacial score (nSPS) is 23.4. The predicted octanol–water partition coefficient (Wildman–Crippen LogP) is 1.45. The van der Waals surface area contributed by atoms with Gasteiger partial charge in [-0.1, -0.05) is 6.92 Å². The number of carbonyl (C=O) groups excluding carboxylic acids is 1. The minimum atomic E-state index is -0.281. The molecule has 1 unspecified atom stereocenters. The molecule has 0 amide bonds. The molecule has 1 rings (SSSR count). The quantitative estimate of drug-likeness (QED) is 0.539. The molecule has 0 N–H and O–H groups in total. The van der Waals surface area contributed by atoms with E-state index in [1.165, 1.54) is 6.92 Å². The molecular formula is C8H12O3. The largest absolute Gasteiger partial charge is 0.494 e. The molecule has 0 fully saturated rings. The van der Waals surface area contributed by atoms with E-state index < -0.39 is 0 Å². The van der Waals surface area contributed by atoms with Crippen LogP contribution in [0.1, 0.15) is 20.8 Å². The first-order valence-electron chi connectivity index (χ1n) is 3.63. The Kier molecular flexibility index (Phi) is 2.17. The number of rotatable bonds is 1. The number of allylic oxidation sites excluding steroid dienone is 1. The second-order valence-corrected chi connectivity index (χ2v) is 2.73. The van der Waals surface area contributed by atoms with Crippen LogP contribution in [0, 0.1) is 5.92 Å². The average molecular weight is 156 g/mol. The molecule has 0 spiro atoms. The van der Waals surface area contributed by atoms with Gasteiger partial charge in [-0.2, -0.15) is 0 Å². The number of hydrogen-bond donors (Lipinski definition) is 0. The van der Waals surface area contributed by atoms with Gasteiger partial charge >= 0.3 is 5.97 Å². The Bertz CT molecular complexity index is 205. The van der Waals surface area contributed by atoms with Crippen molar-refractivity contribution in [2.24, 2.45) is 5.92 Å². The topological polar surface area (TPSA) is 35.5 Å². The van der Waals surface area contributed by atoms with Crippen LogP contribution in [0.2, 0.25) is 0 Å². The first-order valence-corrected chi connectivity index (χ1v) is 3.63. The van der Waals surface area contributed by atoms with Crippen molar-refractivity contribution < 1.29 is 14.3 Å². The standard InChI is InChI=1S/C8H12O3/c1-5-4-10-6(2)8(5)11-7(3)9/h5H,4H2,1-3H3. The molecular weight excluding hydrogens is 144 g/mol. The van der Waals surface area contributed by atoms with Gasteiger partial charge in [-0.3, -0.25) is 4.79 Å². The fourth-order valence-electron chi connectivity index (χ4n) is 1.07. The third kappa shape index (κ3) is 1.73. The van der Waals surface area contributed by atoms with Crippen LogP contribution in [0.25, 0.3) is 0 Å². The Labute approximate surface area is 66.0 Å². The van der Waals surface area contributed by atoms with Crippen molar-refractivity contribution in [3.8, 4) is 0 Å². The lowest BCUT2D eigenvalue weighted by atomic mass is 10.2. The Hall–Kier alpha value is -0.990. The van der Waals surface area contributed by atoms with Gasteiger partial charge in [0.1, 0.15) is 5.76 Å². The Morgan fingerprint density at radius 1 is 1.73 bits per heavy atom. The summed E-state index contributed by atoms with van der Waals surface area (Å²) in [6, 6.07) is 0. The van der Waals surface area contributed by atoms with E-state index in [-0.39, 0.29) is 11.9 Å². The zero-order chi connectivity index (χ0) is 8.43. The Balaban J connectivity index is 2.67. The smallest absolute Gasteiger partial charge is 0.307 e. The predicted molar refractivity (Wildman–Crippen MR) is 39.6 cm³/mol. The summed E-state index contributed by atoms with van der Waals surface area (Å²) in [5.41, 5.74) is 0. The van der Waals surface area contributed by atoms with Gasteiger partial charge in [0.2, 0.25) is 0 Å².